The highest BCUT2D eigenvalue weighted by atomic mass is 79.9. The number of thiophene rings is 1. The Balaban J connectivity index is 1.57. The maximum Gasteiger partial charge on any atom is 0.257 e. The number of hydrogen-bond acceptors (Lipinski definition) is 4. The van der Waals surface area contributed by atoms with Gasteiger partial charge in [-0.15, -0.1) is 11.3 Å². The van der Waals surface area contributed by atoms with Gasteiger partial charge < -0.3 is 5.32 Å². The molecule has 1 aliphatic carbocycles. The zero-order valence-corrected chi connectivity index (χ0v) is 19.9. The zero-order valence-electron chi connectivity index (χ0n) is 17.5. The van der Waals surface area contributed by atoms with Crippen LogP contribution in [-0.4, -0.2) is 10.9 Å². The molecule has 0 unspecified atom stereocenters. The predicted molar refractivity (Wildman–Crippen MR) is 133 cm³/mol. The van der Waals surface area contributed by atoms with Crippen LogP contribution in [0.1, 0.15) is 39.7 Å². The number of para-hydroxylation sites is 1. The molecule has 5 rings (SSSR count). The average Bonchev–Trinajstić information content (AvgIpc) is 3.14. The number of nitrogens with zero attached hydrogens (tertiary/aromatic N) is 2. The lowest BCUT2D eigenvalue weighted by Gasteiger charge is -2.17. The van der Waals surface area contributed by atoms with Gasteiger partial charge in [0.15, 0.2) is 0 Å². The number of hydrogen-bond donors (Lipinski definition) is 1. The maximum absolute atomic E-state index is 13.5. The first kappa shape index (κ1) is 20.9. The van der Waals surface area contributed by atoms with Crippen LogP contribution in [0.25, 0.3) is 22.2 Å². The van der Waals surface area contributed by atoms with Crippen molar-refractivity contribution < 1.29 is 4.79 Å². The summed E-state index contributed by atoms with van der Waals surface area (Å²) < 4.78 is 0.986. The Morgan fingerprint density at radius 1 is 1.22 bits per heavy atom. The van der Waals surface area contributed by atoms with Gasteiger partial charge in [0.2, 0.25) is 0 Å². The molecule has 32 heavy (non-hydrogen) atoms. The van der Waals surface area contributed by atoms with Crippen molar-refractivity contribution in [2.75, 3.05) is 5.32 Å². The van der Waals surface area contributed by atoms with Crippen LogP contribution in [0, 0.1) is 17.2 Å². The molecule has 158 valence electrons. The molecule has 0 aliphatic heterocycles. The number of pyridine rings is 1. The van der Waals surface area contributed by atoms with Crippen LogP contribution >= 0.6 is 27.3 Å². The van der Waals surface area contributed by atoms with E-state index in [2.05, 4.69) is 34.2 Å². The summed E-state index contributed by atoms with van der Waals surface area (Å²) in [5, 5.41) is 14.3. The first-order valence-corrected chi connectivity index (χ1v) is 12.2. The second kappa shape index (κ2) is 8.50. The molecule has 1 atom stereocenters. The summed E-state index contributed by atoms with van der Waals surface area (Å²) in [6.07, 6.45) is 2.95. The molecular formula is C26H20BrN3OS. The van der Waals surface area contributed by atoms with Gasteiger partial charge in [0.1, 0.15) is 11.1 Å². The predicted octanol–water partition coefficient (Wildman–Crippen LogP) is 6.97. The Morgan fingerprint density at radius 3 is 2.78 bits per heavy atom. The summed E-state index contributed by atoms with van der Waals surface area (Å²) in [5.74, 6) is 0.388. The van der Waals surface area contributed by atoms with E-state index in [4.69, 9.17) is 4.98 Å². The summed E-state index contributed by atoms with van der Waals surface area (Å²) >= 11 is 5.01. The number of aromatic nitrogens is 1. The van der Waals surface area contributed by atoms with E-state index in [1.807, 2.05) is 54.6 Å². The van der Waals surface area contributed by atoms with E-state index < -0.39 is 0 Å². The summed E-state index contributed by atoms with van der Waals surface area (Å²) in [6.45, 7) is 2.24. The summed E-state index contributed by atoms with van der Waals surface area (Å²) in [7, 11) is 0. The highest BCUT2D eigenvalue weighted by molar-refractivity contribution is 9.10. The van der Waals surface area contributed by atoms with Gasteiger partial charge in [0, 0.05) is 20.3 Å². The highest BCUT2D eigenvalue weighted by Gasteiger charge is 2.25. The summed E-state index contributed by atoms with van der Waals surface area (Å²) in [5.41, 5.74) is 4.72. The summed E-state index contributed by atoms with van der Waals surface area (Å²) in [6, 6.07) is 19.7. The second-order valence-electron chi connectivity index (χ2n) is 8.20. The van der Waals surface area contributed by atoms with Gasteiger partial charge in [-0.3, -0.25) is 4.79 Å². The largest absolute Gasteiger partial charge is 0.312 e. The van der Waals surface area contributed by atoms with Crippen molar-refractivity contribution in [3.63, 3.8) is 0 Å². The van der Waals surface area contributed by atoms with Gasteiger partial charge >= 0.3 is 0 Å². The molecule has 0 saturated carbocycles. The molecule has 1 aliphatic rings. The molecule has 6 heteroatoms. The number of halogens is 1. The van der Waals surface area contributed by atoms with E-state index in [0.717, 1.165) is 51.5 Å². The van der Waals surface area contributed by atoms with Gasteiger partial charge in [-0.1, -0.05) is 53.2 Å². The quantitative estimate of drug-likeness (QED) is 0.329. The molecule has 4 aromatic rings. The minimum absolute atomic E-state index is 0.217. The van der Waals surface area contributed by atoms with Crippen molar-refractivity contribution in [1.29, 1.82) is 5.26 Å². The first-order chi connectivity index (χ1) is 15.5. The van der Waals surface area contributed by atoms with Crippen molar-refractivity contribution in [3.05, 3.63) is 80.6 Å². The van der Waals surface area contributed by atoms with Gasteiger partial charge in [0.05, 0.1) is 22.3 Å². The standard InChI is InChI=1S/C26H20BrN3OS/c1-15-6-11-19-21(14-28)26(32-24(19)12-15)30-25(31)20-13-23(16-7-9-17(27)10-8-16)29-22-5-3-2-4-18(20)22/h2-5,7-10,13,15H,6,11-12H2,1H3,(H,30,31)/t15-/m1/s1. The smallest absolute Gasteiger partial charge is 0.257 e. The Hall–Kier alpha value is -3.01. The highest BCUT2D eigenvalue weighted by Crippen LogP contribution is 2.39. The number of nitriles is 1. The number of anilines is 1. The number of amides is 1. The number of rotatable bonds is 3. The number of benzene rings is 2. The van der Waals surface area contributed by atoms with E-state index in [9.17, 15) is 10.1 Å². The van der Waals surface area contributed by atoms with Crippen molar-refractivity contribution >= 4 is 49.1 Å². The monoisotopic (exact) mass is 501 g/mol. The number of carbonyl (C=O) groups excluding carboxylic acids is 1. The molecule has 0 fully saturated rings. The van der Waals surface area contributed by atoms with E-state index >= 15 is 0 Å². The molecule has 0 spiro atoms. The van der Waals surface area contributed by atoms with Gasteiger partial charge in [-0.2, -0.15) is 5.26 Å². The topological polar surface area (TPSA) is 65.8 Å². The van der Waals surface area contributed by atoms with Crippen LogP contribution in [0.4, 0.5) is 5.00 Å². The lowest BCUT2D eigenvalue weighted by Crippen LogP contribution is -2.13. The van der Waals surface area contributed by atoms with Crippen LogP contribution < -0.4 is 5.32 Å². The SMILES string of the molecule is C[C@@H]1CCc2c(sc(NC(=O)c3cc(-c4ccc(Br)cc4)nc4ccccc34)c2C#N)C1. The number of carbonyl (C=O) groups is 1. The van der Waals surface area contributed by atoms with Crippen molar-refractivity contribution in [1.82, 2.24) is 4.98 Å². The third-order valence-corrected chi connectivity index (χ3v) is 7.65. The Morgan fingerprint density at radius 2 is 2.00 bits per heavy atom. The van der Waals surface area contributed by atoms with Gasteiger partial charge in [0.25, 0.3) is 5.91 Å². The Labute approximate surface area is 199 Å². The molecule has 2 heterocycles. The molecule has 1 N–H and O–H groups in total. The Bertz CT molecular complexity index is 1380. The molecule has 2 aromatic heterocycles. The van der Waals surface area contributed by atoms with Crippen LogP contribution in [0.3, 0.4) is 0 Å². The normalized spacial score (nSPS) is 15.2. The molecule has 0 radical (unpaired) electrons. The minimum Gasteiger partial charge on any atom is -0.312 e. The minimum atomic E-state index is -0.217. The van der Waals surface area contributed by atoms with Crippen molar-refractivity contribution in [3.8, 4) is 17.3 Å². The van der Waals surface area contributed by atoms with Crippen LogP contribution in [0.15, 0.2) is 59.1 Å². The summed E-state index contributed by atoms with van der Waals surface area (Å²) in [4.78, 5) is 19.5. The second-order valence-corrected chi connectivity index (χ2v) is 10.2. The molecule has 4 nitrogen and oxygen atoms in total. The van der Waals surface area contributed by atoms with Gasteiger partial charge in [-0.05, 0) is 55.0 Å². The molecule has 0 bridgehead atoms. The molecule has 1 amide bonds. The fourth-order valence-electron chi connectivity index (χ4n) is 4.26. The number of nitrogens with one attached hydrogen (secondary N) is 1. The molecule has 2 aromatic carbocycles. The van der Waals surface area contributed by atoms with Crippen molar-refractivity contribution in [2.45, 2.75) is 26.2 Å². The van der Waals surface area contributed by atoms with Crippen LogP contribution in [0.2, 0.25) is 0 Å². The Kier molecular flexibility index (Phi) is 5.54. The first-order valence-electron chi connectivity index (χ1n) is 10.5. The van der Waals surface area contributed by atoms with E-state index in [-0.39, 0.29) is 5.91 Å². The zero-order chi connectivity index (χ0) is 22.2. The van der Waals surface area contributed by atoms with Crippen molar-refractivity contribution in [2.24, 2.45) is 5.92 Å². The van der Waals surface area contributed by atoms with Crippen LogP contribution in [-0.2, 0) is 12.8 Å². The maximum atomic E-state index is 13.5. The lowest BCUT2D eigenvalue weighted by molar-refractivity contribution is 0.102. The van der Waals surface area contributed by atoms with E-state index in [1.165, 1.54) is 4.88 Å². The fourth-order valence-corrected chi connectivity index (χ4v) is 5.88. The van der Waals surface area contributed by atoms with E-state index in [1.54, 1.807) is 11.3 Å². The van der Waals surface area contributed by atoms with Gasteiger partial charge in [-0.25, -0.2) is 4.98 Å². The molecule has 0 saturated heterocycles. The van der Waals surface area contributed by atoms with E-state index in [0.29, 0.717) is 22.0 Å². The number of fused-ring (bicyclic) bond motifs is 2. The average molecular weight is 502 g/mol. The van der Waals surface area contributed by atoms with Crippen LogP contribution in [0.5, 0.6) is 0 Å². The third kappa shape index (κ3) is 3.83. The molecular weight excluding hydrogens is 482 g/mol. The fraction of sp³-hybridized carbons (Fsp3) is 0.192. The third-order valence-electron chi connectivity index (χ3n) is 5.95. The lowest BCUT2D eigenvalue weighted by atomic mass is 9.88.